The smallest absolute Gasteiger partial charge is 0.143 e. The maximum absolute atomic E-state index is 6.69. The molecule has 0 spiro atoms. The van der Waals surface area contributed by atoms with Crippen LogP contribution in [-0.2, 0) is 10.8 Å². The minimum atomic E-state index is -0.646. The van der Waals surface area contributed by atoms with Crippen LogP contribution in [0, 0.1) is 0 Å². The van der Waals surface area contributed by atoms with Gasteiger partial charge in [0.25, 0.3) is 0 Å². The summed E-state index contributed by atoms with van der Waals surface area (Å²) >= 11 is 0. The molecule has 0 radical (unpaired) electrons. The van der Waals surface area contributed by atoms with Gasteiger partial charge < -0.3 is 14.1 Å². The largest absolute Gasteiger partial charge is 0.485 e. The molecule has 12 aromatic rings. The molecule has 16 rings (SSSR count). The average Bonchev–Trinajstić information content (AvgIpc) is 4.40. The highest BCUT2D eigenvalue weighted by Crippen LogP contribution is 2.60. The van der Waals surface area contributed by atoms with Crippen molar-refractivity contribution in [2.75, 3.05) is 4.90 Å². The Morgan fingerprint density at radius 1 is 0.442 bits per heavy atom. The summed E-state index contributed by atoms with van der Waals surface area (Å²) in [5.74, 6) is 1.11. The quantitative estimate of drug-likeness (QED) is 0.159. The molecule has 0 saturated heterocycles. The lowest BCUT2D eigenvalue weighted by molar-refractivity contribution is 0.269. The van der Waals surface area contributed by atoms with Crippen LogP contribution in [0.2, 0.25) is 0 Å². The second-order valence-corrected chi connectivity index (χ2v) is 21.8. The van der Waals surface area contributed by atoms with Crippen molar-refractivity contribution in [3.8, 4) is 50.3 Å². The molecule has 1 aliphatic heterocycles. The zero-order valence-electron chi connectivity index (χ0n) is 42.7. The van der Waals surface area contributed by atoms with Crippen molar-refractivity contribution in [2.45, 2.75) is 36.7 Å². The molecular formula is C74H51NO2. The van der Waals surface area contributed by atoms with Crippen molar-refractivity contribution in [1.29, 1.82) is 0 Å². The molecule has 2 heterocycles. The monoisotopic (exact) mass is 985 g/mol. The first-order chi connectivity index (χ1) is 37.9. The van der Waals surface area contributed by atoms with Crippen LogP contribution in [0.1, 0.15) is 58.7 Å². The van der Waals surface area contributed by atoms with E-state index >= 15 is 0 Å². The second-order valence-electron chi connectivity index (χ2n) is 21.8. The Bertz CT molecular complexity index is 4480. The van der Waals surface area contributed by atoms with E-state index in [4.69, 9.17) is 9.15 Å². The van der Waals surface area contributed by atoms with Crippen LogP contribution >= 0.6 is 0 Å². The number of nitrogens with zero attached hydrogens (tertiary/aromatic N) is 1. The van der Waals surface area contributed by atoms with Gasteiger partial charge in [-0.05, 0) is 138 Å². The lowest BCUT2D eigenvalue weighted by atomic mass is 9.67. The molecule has 1 aromatic heterocycles. The maximum atomic E-state index is 6.69. The highest BCUT2D eigenvalue weighted by Gasteiger charge is 2.48. The van der Waals surface area contributed by atoms with Crippen LogP contribution in [0.5, 0.6) is 5.75 Å². The Balaban J connectivity index is 0.929. The summed E-state index contributed by atoms with van der Waals surface area (Å²) in [7, 11) is 0. The van der Waals surface area contributed by atoms with Gasteiger partial charge in [-0.3, -0.25) is 0 Å². The van der Waals surface area contributed by atoms with Crippen molar-refractivity contribution in [3.63, 3.8) is 0 Å². The molecular weight excluding hydrogens is 935 g/mol. The van der Waals surface area contributed by atoms with E-state index < -0.39 is 5.41 Å². The van der Waals surface area contributed by atoms with Gasteiger partial charge in [-0.2, -0.15) is 0 Å². The minimum Gasteiger partial charge on any atom is -0.485 e. The summed E-state index contributed by atoms with van der Waals surface area (Å²) in [6.45, 7) is 4.74. The van der Waals surface area contributed by atoms with Gasteiger partial charge in [0, 0.05) is 50.0 Å². The lowest BCUT2D eigenvalue weighted by Crippen LogP contribution is -2.29. The Kier molecular flexibility index (Phi) is 9.43. The van der Waals surface area contributed by atoms with Gasteiger partial charge in [-0.15, -0.1) is 0 Å². The third kappa shape index (κ3) is 6.26. The van der Waals surface area contributed by atoms with Crippen molar-refractivity contribution < 1.29 is 9.15 Å². The summed E-state index contributed by atoms with van der Waals surface area (Å²) in [5.41, 5.74) is 22.9. The van der Waals surface area contributed by atoms with Crippen LogP contribution in [0.3, 0.4) is 0 Å². The van der Waals surface area contributed by atoms with E-state index in [2.05, 4.69) is 280 Å². The molecule has 0 fully saturated rings. The average molecular weight is 986 g/mol. The van der Waals surface area contributed by atoms with Crippen LogP contribution in [0.25, 0.3) is 77.2 Å². The third-order valence-electron chi connectivity index (χ3n) is 17.5. The van der Waals surface area contributed by atoms with Crippen molar-refractivity contribution in [1.82, 2.24) is 0 Å². The Labute approximate surface area is 448 Å². The predicted octanol–water partition coefficient (Wildman–Crippen LogP) is 19.2. The number of ether oxygens (including phenoxy) is 1. The summed E-state index contributed by atoms with van der Waals surface area (Å²) in [4.78, 5) is 2.50. The van der Waals surface area contributed by atoms with E-state index in [0.717, 1.165) is 61.3 Å². The normalized spacial score (nSPS) is 17.9. The molecule has 11 aromatic carbocycles. The number of fused-ring (bicyclic) bond motifs is 14. The molecule has 3 heteroatoms. The fourth-order valence-corrected chi connectivity index (χ4v) is 14.0. The van der Waals surface area contributed by atoms with Crippen molar-refractivity contribution in [2.24, 2.45) is 0 Å². The standard InChI is InChI=1S/C74H51NO2/c1-73(2)62-28-12-9-25-59(62)70-58(27-16-30-64(70)73)56-23-10-14-31-66(56)75(50-38-34-47(35-39-50)52-26-17-33-69-71(52)60-41-36-46-18-6-7-21-53(46)72(60)77-69)51-40-42-55-54-22-8-13-29-63(54)74(65(55)45-51,48-19-4-3-5-20-48)49-37-43-68-61(44-49)57-24-11-15-32-67(57)76-68/h3-45,57,67H,1-2H3. The van der Waals surface area contributed by atoms with Gasteiger partial charge in [0.2, 0.25) is 0 Å². The highest BCUT2D eigenvalue weighted by atomic mass is 16.5. The number of benzene rings is 11. The summed E-state index contributed by atoms with van der Waals surface area (Å²) in [6.07, 6.45) is 8.75. The second kappa shape index (κ2) is 16.5. The third-order valence-corrected chi connectivity index (χ3v) is 17.5. The molecule has 3 unspecified atom stereocenters. The summed E-state index contributed by atoms with van der Waals surface area (Å²) in [5, 5.41) is 4.55. The number of rotatable bonds is 7. The number of furan rings is 1. The zero-order chi connectivity index (χ0) is 51.0. The number of para-hydroxylation sites is 1. The first-order valence-electron chi connectivity index (χ1n) is 27.0. The van der Waals surface area contributed by atoms with Gasteiger partial charge in [-0.1, -0.05) is 214 Å². The Morgan fingerprint density at radius 3 is 2.01 bits per heavy atom. The molecule has 364 valence electrons. The molecule has 0 amide bonds. The van der Waals surface area contributed by atoms with Gasteiger partial charge in [-0.25, -0.2) is 0 Å². The fraction of sp³-hybridized carbons (Fsp3) is 0.0811. The Hall–Kier alpha value is -9.44. The number of hydrogen-bond acceptors (Lipinski definition) is 3. The molecule has 0 bridgehead atoms. The molecule has 4 aliphatic rings. The van der Waals surface area contributed by atoms with Crippen LogP contribution in [-0.4, -0.2) is 6.10 Å². The number of anilines is 3. The van der Waals surface area contributed by atoms with Gasteiger partial charge >= 0.3 is 0 Å². The molecule has 3 aliphatic carbocycles. The highest BCUT2D eigenvalue weighted by molar-refractivity contribution is 6.19. The molecule has 3 atom stereocenters. The number of hydrogen-bond donors (Lipinski definition) is 0. The molecule has 77 heavy (non-hydrogen) atoms. The lowest BCUT2D eigenvalue weighted by Gasteiger charge is -2.35. The van der Waals surface area contributed by atoms with Crippen molar-refractivity contribution >= 4 is 49.8 Å². The molecule has 3 nitrogen and oxygen atoms in total. The topological polar surface area (TPSA) is 25.6 Å². The van der Waals surface area contributed by atoms with E-state index in [1.807, 2.05) is 0 Å². The fourth-order valence-electron chi connectivity index (χ4n) is 14.0. The SMILES string of the molecule is CC1(C)c2ccccc2-c2c(-c3ccccc3N(c3ccc(-c4cccc5oc6c7ccccc7ccc6c45)cc3)c3ccc4c(c3)C(c3ccccc3)(c3ccc5c(c3)C3C=CC=CC3O5)c3ccccc3-4)cccc21. The molecule has 0 N–H and O–H groups in total. The van der Waals surface area contributed by atoms with Crippen LogP contribution < -0.4 is 9.64 Å². The van der Waals surface area contributed by atoms with Crippen molar-refractivity contribution in [3.05, 3.63) is 300 Å². The van der Waals surface area contributed by atoms with E-state index in [9.17, 15) is 0 Å². The maximum Gasteiger partial charge on any atom is 0.143 e. The van der Waals surface area contributed by atoms with E-state index in [1.165, 1.54) is 77.7 Å². The molecule has 0 saturated carbocycles. The summed E-state index contributed by atoms with van der Waals surface area (Å²) in [6, 6.07) is 88.0. The minimum absolute atomic E-state index is 0.00890. The van der Waals surface area contributed by atoms with Gasteiger partial charge in [0.15, 0.2) is 0 Å². The summed E-state index contributed by atoms with van der Waals surface area (Å²) < 4.78 is 13.3. The van der Waals surface area contributed by atoms with Crippen LogP contribution in [0.15, 0.2) is 265 Å². The number of allylic oxidation sites excluding steroid dienone is 2. The first-order valence-corrected chi connectivity index (χ1v) is 27.0. The van der Waals surface area contributed by atoms with Crippen LogP contribution in [0.4, 0.5) is 17.1 Å². The first kappa shape index (κ1) is 43.9. The zero-order valence-corrected chi connectivity index (χ0v) is 42.7. The van der Waals surface area contributed by atoms with E-state index in [1.54, 1.807) is 0 Å². The predicted molar refractivity (Wildman–Crippen MR) is 317 cm³/mol. The van der Waals surface area contributed by atoms with E-state index in [-0.39, 0.29) is 17.4 Å². The Morgan fingerprint density at radius 2 is 1.13 bits per heavy atom. The van der Waals surface area contributed by atoms with Gasteiger partial charge in [0.1, 0.15) is 23.0 Å². The van der Waals surface area contributed by atoms with Gasteiger partial charge in [0.05, 0.1) is 11.1 Å². The van der Waals surface area contributed by atoms with E-state index in [0.29, 0.717) is 0 Å².